The minimum atomic E-state index is 0.395. The zero-order valence-electron chi connectivity index (χ0n) is 6.52. The minimum absolute atomic E-state index is 0.395. The molecule has 2 aromatic heterocycles. The van der Waals surface area contributed by atoms with Crippen molar-refractivity contribution in [2.45, 2.75) is 9.37 Å². The lowest BCUT2D eigenvalue weighted by molar-refractivity contribution is 1.02. The molecule has 0 unspecified atom stereocenters. The number of hydrogen-bond acceptors (Lipinski definition) is 6. The lowest BCUT2D eigenvalue weighted by atomic mass is 10.7. The Morgan fingerprint density at radius 2 is 2.14 bits per heavy atom. The van der Waals surface area contributed by atoms with Gasteiger partial charge in [0.15, 0.2) is 4.34 Å². The van der Waals surface area contributed by atoms with Crippen LogP contribution in [0, 0.1) is 0 Å². The molecule has 72 valence electrons. The van der Waals surface area contributed by atoms with Crippen LogP contribution in [-0.4, -0.2) is 19.3 Å². The highest BCUT2D eigenvalue weighted by molar-refractivity contribution is 9.10. The number of halogens is 2. The SMILES string of the molecule is Clc1ncnc(Sc2ncns2)c1Br. The summed E-state index contributed by atoms with van der Waals surface area (Å²) in [5.74, 6) is 0. The fourth-order valence-corrected chi connectivity index (χ4v) is 2.68. The molecule has 14 heavy (non-hydrogen) atoms. The highest BCUT2D eigenvalue weighted by atomic mass is 79.9. The molecule has 0 fully saturated rings. The van der Waals surface area contributed by atoms with Crippen molar-refractivity contribution in [3.8, 4) is 0 Å². The van der Waals surface area contributed by atoms with Crippen LogP contribution < -0.4 is 0 Å². The number of hydrogen-bond donors (Lipinski definition) is 0. The Morgan fingerprint density at radius 1 is 1.29 bits per heavy atom. The normalized spacial score (nSPS) is 10.4. The van der Waals surface area contributed by atoms with Gasteiger partial charge in [-0.1, -0.05) is 11.6 Å². The Hall–Kier alpha value is -0.240. The van der Waals surface area contributed by atoms with Crippen molar-refractivity contribution in [2.75, 3.05) is 0 Å². The van der Waals surface area contributed by atoms with Gasteiger partial charge in [0.25, 0.3) is 0 Å². The van der Waals surface area contributed by atoms with Gasteiger partial charge in [-0.3, -0.25) is 0 Å². The number of rotatable bonds is 2. The van der Waals surface area contributed by atoms with Crippen LogP contribution in [0.15, 0.2) is 26.5 Å². The number of aromatic nitrogens is 4. The second kappa shape index (κ2) is 4.52. The van der Waals surface area contributed by atoms with Gasteiger partial charge >= 0.3 is 0 Å². The topological polar surface area (TPSA) is 51.6 Å². The molecule has 2 aromatic rings. The Labute approximate surface area is 101 Å². The van der Waals surface area contributed by atoms with Crippen LogP contribution in [0.1, 0.15) is 0 Å². The molecule has 0 aliphatic carbocycles. The summed E-state index contributed by atoms with van der Waals surface area (Å²) in [5.41, 5.74) is 0. The van der Waals surface area contributed by atoms with Crippen molar-refractivity contribution in [3.05, 3.63) is 22.3 Å². The predicted molar refractivity (Wildman–Crippen MR) is 58.8 cm³/mol. The van der Waals surface area contributed by atoms with E-state index in [1.807, 2.05) is 0 Å². The molecule has 4 nitrogen and oxygen atoms in total. The molecule has 2 heterocycles. The van der Waals surface area contributed by atoms with Crippen LogP contribution in [-0.2, 0) is 0 Å². The van der Waals surface area contributed by atoms with E-state index in [0.29, 0.717) is 9.63 Å². The quantitative estimate of drug-likeness (QED) is 0.798. The van der Waals surface area contributed by atoms with Gasteiger partial charge in [0.1, 0.15) is 22.8 Å². The average Bonchev–Trinajstić information content (AvgIpc) is 2.66. The molecule has 0 amide bonds. The van der Waals surface area contributed by atoms with Gasteiger partial charge in [-0.15, -0.1) is 0 Å². The Bertz CT molecular complexity index is 435. The molecule has 0 spiro atoms. The maximum Gasteiger partial charge on any atom is 0.176 e. The number of nitrogens with zero attached hydrogens (tertiary/aromatic N) is 4. The molecule has 0 N–H and O–H groups in total. The van der Waals surface area contributed by atoms with Crippen molar-refractivity contribution in [3.63, 3.8) is 0 Å². The van der Waals surface area contributed by atoms with Crippen LogP contribution in [0.3, 0.4) is 0 Å². The fraction of sp³-hybridized carbons (Fsp3) is 0. The molecule has 0 saturated carbocycles. The fourth-order valence-electron chi connectivity index (χ4n) is 0.695. The standard InChI is InChI=1S/C6H2BrClN4S2/c7-3-4(8)9-1-10-5(3)13-6-11-2-12-14-6/h1-2H. The summed E-state index contributed by atoms with van der Waals surface area (Å²) in [6.07, 6.45) is 2.92. The summed E-state index contributed by atoms with van der Waals surface area (Å²) >= 11 is 11.8. The maximum atomic E-state index is 5.81. The third-order valence-corrected chi connectivity index (χ3v) is 4.49. The highest BCUT2D eigenvalue weighted by Gasteiger charge is 2.09. The van der Waals surface area contributed by atoms with Gasteiger partial charge < -0.3 is 0 Å². The molecular weight excluding hydrogens is 308 g/mol. The second-order valence-electron chi connectivity index (χ2n) is 2.09. The highest BCUT2D eigenvalue weighted by Crippen LogP contribution is 2.34. The van der Waals surface area contributed by atoms with Gasteiger partial charge in [0, 0.05) is 0 Å². The summed E-state index contributed by atoms with van der Waals surface area (Å²) in [4.78, 5) is 11.9. The van der Waals surface area contributed by atoms with E-state index < -0.39 is 0 Å². The first kappa shape index (κ1) is 10.3. The van der Waals surface area contributed by atoms with Crippen molar-refractivity contribution >= 4 is 50.8 Å². The Kier molecular flexibility index (Phi) is 3.32. The van der Waals surface area contributed by atoms with E-state index in [1.54, 1.807) is 0 Å². The van der Waals surface area contributed by atoms with Crippen LogP contribution in [0.2, 0.25) is 5.15 Å². The molecule has 0 saturated heterocycles. The molecule has 0 bridgehead atoms. The first-order valence-electron chi connectivity index (χ1n) is 3.38. The molecule has 2 rings (SSSR count). The van der Waals surface area contributed by atoms with E-state index in [4.69, 9.17) is 11.6 Å². The van der Waals surface area contributed by atoms with E-state index in [9.17, 15) is 0 Å². The summed E-state index contributed by atoms with van der Waals surface area (Å²) in [5, 5.41) is 1.13. The first-order valence-corrected chi connectivity index (χ1v) is 6.14. The Morgan fingerprint density at radius 3 is 2.86 bits per heavy atom. The zero-order chi connectivity index (χ0) is 9.97. The van der Waals surface area contributed by atoms with Crippen LogP contribution in [0.5, 0.6) is 0 Å². The molecule has 0 aliphatic rings. The summed E-state index contributed by atoms with van der Waals surface area (Å²) < 4.78 is 5.39. The molecule has 0 aromatic carbocycles. The smallest absolute Gasteiger partial charge is 0.176 e. The van der Waals surface area contributed by atoms with E-state index >= 15 is 0 Å². The van der Waals surface area contributed by atoms with Gasteiger partial charge in [0.05, 0.1) is 4.47 Å². The molecule has 0 atom stereocenters. The summed E-state index contributed by atoms with van der Waals surface area (Å²) in [7, 11) is 0. The lowest BCUT2D eigenvalue weighted by Crippen LogP contribution is -1.85. The second-order valence-corrected chi connectivity index (χ2v) is 5.26. The molecule has 0 radical (unpaired) electrons. The molecule has 0 aliphatic heterocycles. The maximum absolute atomic E-state index is 5.81. The molecule has 8 heteroatoms. The van der Waals surface area contributed by atoms with Crippen molar-refractivity contribution in [2.24, 2.45) is 0 Å². The minimum Gasteiger partial charge on any atom is -0.228 e. The first-order chi connectivity index (χ1) is 6.77. The van der Waals surface area contributed by atoms with Crippen molar-refractivity contribution in [1.29, 1.82) is 0 Å². The van der Waals surface area contributed by atoms with Gasteiger partial charge in [0.2, 0.25) is 0 Å². The van der Waals surface area contributed by atoms with E-state index in [1.165, 1.54) is 35.9 Å². The van der Waals surface area contributed by atoms with Crippen LogP contribution >= 0.6 is 50.8 Å². The average molecular weight is 310 g/mol. The predicted octanol–water partition coefficient (Wildman–Crippen LogP) is 2.90. The summed E-state index contributed by atoms with van der Waals surface area (Å²) in [6, 6.07) is 0. The third kappa shape index (κ3) is 2.22. The Balaban J connectivity index is 2.29. The lowest BCUT2D eigenvalue weighted by Gasteiger charge is -1.99. The molecular formula is C6H2BrClN4S2. The summed E-state index contributed by atoms with van der Waals surface area (Å²) in [6.45, 7) is 0. The third-order valence-electron chi connectivity index (χ3n) is 1.24. The van der Waals surface area contributed by atoms with E-state index in [0.717, 1.165) is 9.37 Å². The van der Waals surface area contributed by atoms with Gasteiger partial charge in [-0.05, 0) is 39.2 Å². The van der Waals surface area contributed by atoms with Gasteiger partial charge in [-0.2, -0.15) is 4.37 Å². The van der Waals surface area contributed by atoms with Crippen molar-refractivity contribution < 1.29 is 0 Å². The van der Waals surface area contributed by atoms with E-state index in [-0.39, 0.29) is 0 Å². The van der Waals surface area contributed by atoms with Crippen LogP contribution in [0.4, 0.5) is 0 Å². The van der Waals surface area contributed by atoms with Gasteiger partial charge in [-0.25, -0.2) is 15.0 Å². The van der Waals surface area contributed by atoms with Crippen LogP contribution in [0.25, 0.3) is 0 Å². The zero-order valence-corrected chi connectivity index (χ0v) is 10.5. The van der Waals surface area contributed by atoms with E-state index in [2.05, 4.69) is 35.3 Å². The van der Waals surface area contributed by atoms with Crippen molar-refractivity contribution in [1.82, 2.24) is 19.3 Å². The monoisotopic (exact) mass is 308 g/mol. The largest absolute Gasteiger partial charge is 0.228 e.